The lowest BCUT2D eigenvalue weighted by atomic mass is 9.96. The van der Waals surface area contributed by atoms with Crippen LogP contribution < -0.4 is 16.9 Å². The number of ether oxygens (including phenoxy) is 1. The minimum Gasteiger partial charge on any atom is -0.342 e. The molecule has 0 aliphatic heterocycles. The second-order valence-electron chi connectivity index (χ2n) is 13.1. The Morgan fingerprint density at radius 3 is 1.76 bits per heavy atom. The van der Waals surface area contributed by atoms with Crippen LogP contribution in [-0.4, -0.2) is 46.1 Å². The van der Waals surface area contributed by atoms with Crippen LogP contribution in [-0.2, 0) is 49.1 Å². The molecule has 0 fully saturated rings. The zero-order valence-electron chi connectivity index (χ0n) is 30.0. The van der Waals surface area contributed by atoms with E-state index in [4.69, 9.17) is 42.7 Å². The van der Waals surface area contributed by atoms with Gasteiger partial charge in [-0.3, -0.25) is 15.3 Å². The fourth-order valence-electron chi connectivity index (χ4n) is 5.67. The molecule has 0 spiro atoms. The maximum atomic E-state index is 13.3. The van der Waals surface area contributed by atoms with Crippen molar-refractivity contribution >= 4 is 23.2 Å². The van der Waals surface area contributed by atoms with E-state index in [1.165, 1.54) is 15.6 Å². The van der Waals surface area contributed by atoms with Crippen molar-refractivity contribution in [2.75, 3.05) is 0 Å². The predicted octanol–water partition coefficient (Wildman–Crippen LogP) is 4.74. The summed E-state index contributed by atoms with van der Waals surface area (Å²) in [5.41, 5.74) is 8.38. The second kappa shape index (κ2) is 16.7. The van der Waals surface area contributed by atoms with Crippen molar-refractivity contribution in [1.29, 1.82) is 0 Å². The van der Waals surface area contributed by atoms with Crippen LogP contribution in [0.5, 0.6) is 0 Å². The molecule has 14 nitrogen and oxygen atoms in total. The minimum absolute atomic E-state index is 0.00534. The average Bonchev–Trinajstić information content (AvgIpc) is 3.80. The van der Waals surface area contributed by atoms with Gasteiger partial charge in [-0.1, -0.05) is 63.7 Å². The van der Waals surface area contributed by atoms with Gasteiger partial charge < -0.3 is 13.8 Å². The predicted molar refractivity (Wildman–Crippen MR) is 200 cm³/mol. The molecule has 6 aromatic rings. The molecule has 0 amide bonds. The zero-order chi connectivity index (χ0) is 38.4. The van der Waals surface area contributed by atoms with Crippen molar-refractivity contribution in [2.45, 2.75) is 78.3 Å². The van der Waals surface area contributed by atoms with Gasteiger partial charge in [-0.25, -0.2) is 9.36 Å². The number of hydrogen-bond donors (Lipinski definition) is 1. The maximum absolute atomic E-state index is 13.3. The van der Waals surface area contributed by atoms with Gasteiger partial charge in [-0.2, -0.15) is 20.2 Å². The van der Waals surface area contributed by atoms with Gasteiger partial charge in [0.05, 0.1) is 23.6 Å². The molecular weight excluding hydrogens is 733 g/mol. The molecule has 4 aromatic heterocycles. The summed E-state index contributed by atoms with van der Waals surface area (Å²) in [6.07, 6.45) is 4.50. The smallest absolute Gasteiger partial charge is 0.271 e. The molecule has 2 aromatic carbocycles. The number of aromatic nitrogens is 8. The summed E-state index contributed by atoms with van der Waals surface area (Å²) in [6.45, 7) is 6.87. The van der Waals surface area contributed by atoms with Crippen molar-refractivity contribution in [1.82, 2.24) is 39.8 Å². The molecule has 4 heterocycles. The van der Waals surface area contributed by atoms with E-state index in [0.717, 1.165) is 11.1 Å². The first-order chi connectivity index (χ1) is 25.8. The Hall–Kier alpha value is -5.46. The van der Waals surface area contributed by atoms with Crippen molar-refractivity contribution in [3.63, 3.8) is 0 Å². The number of nitrogens with two attached hydrogens (primary N) is 1. The first kappa shape index (κ1) is 38.3. The molecule has 0 aliphatic carbocycles. The molecule has 0 radical (unpaired) electrons. The number of halogens is 2. The number of rotatable bonds is 13. The largest absolute Gasteiger partial charge is 0.342 e. The van der Waals surface area contributed by atoms with E-state index in [1.807, 2.05) is 48.5 Å². The van der Waals surface area contributed by atoms with Crippen molar-refractivity contribution in [3.8, 4) is 11.8 Å². The molecule has 16 heteroatoms. The fraction of sp³-hybridized carbons (Fsp3) is 0.316. The monoisotopic (exact) mass is 769 g/mol. The van der Waals surface area contributed by atoms with Crippen LogP contribution in [0.2, 0.25) is 10.0 Å². The number of aryl methyl sites for hydroxylation is 4. The van der Waals surface area contributed by atoms with E-state index < -0.39 is 11.8 Å². The Kier molecular flexibility index (Phi) is 11.8. The molecule has 1 unspecified atom stereocenters. The number of hydrogen-bond acceptors (Lipinski definition) is 12. The lowest BCUT2D eigenvalue weighted by Gasteiger charge is -2.28. The molecular formula is C38H37Cl2N9O5. The normalized spacial score (nSPS) is 12.1. The SMILES string of the molecule is Cc1c(C#CC(N)OC(C)(C)c2cnn(Cc3nc(CCc4ccc(Cl)cc4)no3)c(=O)c2C)cnn(Cc2nc(CCc3ccc(Cl)cc3)no2)c1=O. The van der Waals surface area contributed by atoms with Crippen LogP contribution >= 0.6 is 23.2 Å². The highest BCUT2D eigenvalue weighted by molar-refractivity contribution is 6.30. The van der Waals surface area contributed by atoms with Crippen molar-refractivity contribution in [2.24, 2.45) is 5.73 Å². The maximum Gasteiger partial charge on any atom is 0.271 e. The Morgan fingerprint density at radius 1 is 0.759 bits per heavy atom. The summed E-state index contributed by atoms with van der Waals surface area (Å²) < 4.78 is 19.3. The van der Waals surface area contributed by atoms with Gasteiger partial charge >= 0.3 is 0 Å². The summed E-state index contributed by atoms with van der Waals surface area (Å²) in [7, 11) is 0. The van der Waals surface area contributed by atoms with E-state index in [1.54, 1.807) is 33.9 Å². The quantitative estimate of drug-likeness (QED) is 0.126. The molecule has 54 heavy (non-hydrogen) atoms. The molecule has 6 rings (SSSR count). The second-order valence-corrected chi connectivity index (χ2v) is 13.9. The van der Waals surface area contributed by atoms with Gasteiger partial charge in [0, 0.05) is 39.6 Å². The Bertz CT molecular complexity index is 2430. The lowest BCUT2D eigenvalue weighted by Crippen LogP contribution is -2.36. The van der Waals surface area contributed by atoms with Gasteiger partial charge in [-0.05, 0) is 81.8 Å². The van der Waals surface area contributed by atoms with Gasteiger partial charge in [0.1, 0.15) is 13.1 Å². The van der Waals surface area contributed by atoms with Crippen LogP contribution in [0.25, 0.3) is 0 Å². The summed E-state index contributed by atoms with van der Waals surface area (Å²) in [4.78, 5) is 35.3. The molecule has 0 bridgehead atoms. The summed E-state index contributed by atoms with van der Waals surface area (Å²) in [6, 6.07) is 15.1. The van der Waals surface area contributed by atoms with Crippen molar-refractivity contribution in [3.05, 3.63) is 148 Å². The highest BCUT2D eigenvalue weighted by Gasteiger charge is 2.28. The Morgan fingerprint density at radius 2 is 1.24 bits per heavy atom. The highest BCUT2D eigenvalue weighted by Crippen LogP contribution is 2.26. The molecule has 278 valence electrons. The van der Waals surface area contributed by atoms with E-state index in [2.05, 4.69) is 42.3 Å². The highest BCUT2D eigenvalue weighted by atomic mass is 35.5. The lowest BCUT2D eigenvalue weighted by molar-refractivity contribution is -0.0496. The van der Waals surface area contributed by atoms with Gasteiger partial charge in [-0.15, -0.1) is 0 Å². The minimum atomic E-state index is -1.07. The topological polar surface area (TPSA) is 183 Å². The Labute approximate surface area is 320 Å². The zero-order valence-corrected chi connectivity index (χ0v) is 31.6. The first-order valence-corrected chi connectivity index (χ1v) is 17.8. The molecule has 2 N–H and O–H groups in total. The van der Waals surface area contributed by atoms with Gasteiger partial charge in [0.15, 0.2) is 17.9 Å². The number of benzene rings is 2. The Balaban J connectivity index is 1.05. The summed E-state index contributed by atoms with van der Waals surface area (Å²) >= 11 is 11.9. The van der Waals surface area contributed by atoms with E-state index >= 15 is 0 Å². The summed E-state index contributed by atoms with van der Waals surface area (Å²) in [5.74, 6) is 7.30. The summed E-state index contributed by atoms with van der Waals surface area (Å²) in [5, 5.41) is 18.0. The van der Waals surface area contributed by atoms with E-state index in [-0.39, 0.29) is 36.0 Å². The molecule has 0 saturated carbocycles. The van der Waals surface area contributed by atoms with Crippen molar-refractivity contribution < 1.29 is 13.8 Å². The van der Waals surface area contributed by atoms with Crippen LogP contribution in [0, 0.1) is 25.7 Å². The molecule has 0 aliphatic rings. The molecule has 1 atom stereocenters. The third-order valence-corrected chi connectivity index (χ3v) is 9.19. The molecule has 0 saturated heterocycles. The third kappa shape index (κ3) is 9.55. The van der Waals surface area contributed by atoms with Crippen LogP contribution in [0.4, 0.5) is 0 Å². The first-order valence-electron chi connectivity index (χ1n) is 17.1. The fourth-order valence-corrected chi connectivity index (χ4v) is 5.92. The van der Waals surface area contributed by atoms with Crippen LogP contribution in [0.1, 0.15) is 70.7 Å². The van der Waals surface area contributed by atoms with Gasteiger partial charge in [0.25, 0.3) is 11.1 Å². The average molecular weight is 771 g/mol. The standard InChI is InChI=1S/C38H37Cl2N9O5/c1-23-27(19-42-48(36(23)50)21-34-44-32(46-53-34)17-9-25-5-12-28(39)13-6-25)11-16-31(41)52-38(3,4)30-20-43-49(37(51)24(30)2)22-35-45-33(47-54-35)18-10-26-7-14-29(40)15-8-26/h5-8,12-15,19-20,31H,9-10,17-18,21-22,41H2,1-4H3. The third-order valence-electron chi connectivity index (χ3n) is 8.68. The van der Waals surface area contributed by atoms with E-state index in [9.17, 15) is 9.59 Å². The van der Waals surface area contributed by atoms with Crippen LogP contribution in [0.3, 0.4) is 0 Å². The van der Waals surface area contributed by atoms with Crippen LogP contribution in [0.15, 0.2) is 79.6 Å². The van der Waals surface area contributed by atoms with Gasteiger partial charge in [0.2, 0.25) is 11.8 Å². The number of nitrogens with zero attached hydrogens (tertiary/aromatic N) is 8. The van der Waals surface area contributed by atoms with E-state index in [0.29, 0.717) is 69.6 Å².